The number of hydrogen-bond donors (Lipinski definition) is 1. The van der Waals surface area contributed by atoms with Crippen LogP contribution in [0.4, 0.5) is 0 Å². The first-order chi connectivity index (χ1) is 7.70. The fourth-order valence-electron chi connectivity index (χ4n) is 1.73. The van der Waals surface area contributed by atoms with Crippen molar-refractivity contribution >= 4 is 23.6 Å². The van der Waals surface area contributed by atoms with Crippen molar-refractivity contribution in [2.75, 3.05) is 24.6 Å². The average Bonchev–Trinajstić information content (AvgIpc) is 2.52. The predicted octanol–water partition coefficient (Wildman–Crippen LogP) is 1.60. The quantitative estimate of drug-likeness (QED) is 0.747. The van der Waals surface area contributed by atoms with Crippen LogP contribution < -0.4 is 0 Å². The number of likely N-dealkylation sites (tertiary alicyclic amines) is 1. The summed E-state index contributed by atoms with van der Waals surface area (Å²) in [6, 6.07) is 0. The van der Waals surface area contributed by atoms with E-state index < -0.39 is 5.97 Å². The van der Waals surface area contributed by atoms with Crippen LogP contribution in [0.3, 0.4) is 0 Å². The second-order valence-electron chi connectivity index (χ2n) is 3.99. The Labute approximate surface area is 100 Å². The van der Waals surface area contributed by atoms with Gasteiger partial charge in [-0.15, -0.1) is 0 Å². The Bertz CT molecular complexity index is 237. The Morgan fingerprint density at radius 2 is 1.75 bits per heavy atom. The van der Waals surface area contributed by atoms with Gasteiger partial charge in [-0.3, -0.25) is 9.59 Å². The molecule has 1 aliphatic heterocycles. The molecule has 1 fully saturated rings. The van der Waals surface area contributed by atoms with Crippen molar-refractivity contribution in [3.63, 3.8) is 0 Å². The zero-order chi connectivity index (χ0) is 11.8. The van der Waals surface area contributed by atoms with E-state index in [9.17, 15) is 9.59 Å². The van der Waals surface area contributed by atoms with Gasteiger partial charge < -0.3 is 10.0 Å². The lowest BCUT2D eigenvalue weighted by Crippen LogP contribution is -2.33. The summed E-state index contributed by atoms with van der Waals surface area (Å²) in [5, 5.41) is 8.46. The number of nitrogens with zero attached hydrogens (tertiary/aromatic N) is 1. The first kappa shape index (κ1) is 13.4. The number of carbonyl (C=O) groups excluding carboxylic acids is 1. The SMILES string of the molecule is O=C(O)CCSCC(=O)N1CCCCCC1. The maximum absolute atomic E-state index is 11.8. The summed E-state index contributed by atoms with van der Waals surface area (Å²) in [7, 11) is 0. The minimum atomic E-state index is -0.797. The van der Waals surface area contributed by atoms with Gasteiger partial charge in [0.15, 0.2) is 0 Å². The molecule has 1 N–H and O–H groups in total. The molecule has 16 heavy (non-hydrogen) atoms. The highest BCUT2D eigenvalue weighted by atomic mass is 32.2. The molecule has 0 aromatic heterocycles. The number of hydrogen-bond acceptors (Lipinski definition) is 3. The van der Waals surface area contributed by atoms with Crippen molar-refractivity contribution in [2.45, 2.75) is 32.1 Å². The van der Waals surface area contributed by atoms with E-state index in [1.807, 2.05) is 4.90 Å². The van der Waals surface area contributed by atoms with Gasteiger partial charge in [0, 0.05) is 18.8 Å². The van der Waals surface area contributed by atoms with E-state index >= 15 is 0 Å². The van der Waals surface area contributed by atoms with Crippen molar-refractivity contribution in [3.8, 4) is 0 Å². The number of carboxylic acids is 1. The predicted molar refractivity (Wildman–Crippen MR) is 64.6 cm³/mol. The van der Waals surface area contributed by atoms with Crippen molar-refractivity contribution in [2.24, 2.45) is 0 Å². The van der Waals surface area contributed by atoms with Gasteiger partial charge in [-0.1, -0.05) is 12.8 Å². The fraction of sp³-hybridized carbons (Fsp3) is 0.818. The third kappa shape index (κ3) is 5.39. The smallest absolute Gasteiger partial charge is 0.304 e. The van der Waals surface area contributed by atoms with Crippen LogP contribution in [0, 0.1) is 0 Å². The average molecular weight is 245 g/mol. The van der Waals surface area contributed by atoms with Crippen LogP contribution in [-0.4, -0.2) is 46.5 Å². The lowest BCUT2D eigenvalue weighted by Gasteiger charge is -2.19. The molecule has 0 spiro atoms. The largest absolute Gasteiger partial charge is 0.481 e. The van der Waals surface area contributed by atoms with Crippen LogP contribution in [0.15, 0.2) is 0 Å². The molecule has 0 bridgehead atoms. The molecule has 1 aliphatic rings. The number of aliphatic carboxylic acids is 1. The van der Waals surface area contributed by atoms with E-state index in [1.165, 1.54) is 24.6 Å². The van der Waals surface area contributed by atoms with E-state index in [4.69, 9.17) is 5.11 Å². The number of thioether (sulfide) groups is 1. The Hall–Kier alpha value is -0.710. The first-order valence-corrected chi connectivity index (χ1v) is 6.93. The Kier molecular flexibility index (Phi) is 6.30. The molecule has 4 nitrogen and oxygen atoms in total. The minimum absolute atomic E-state index is 0.137. The molecule has 0 aromatic carbocycles. The highest BCUT2D eigenvalue weighted by Crippen LogP contribution is 2.12. The van der Waals surface area contributed by atoms with Crippen molar-refractivity contribution < 1.29 is 14.7 Å². The summed E-state index contributed by atoms with van der Waals surface area (Å²) >= 11 is 1.42. The van der Waals surface area contributed by atoms with Gasteiger partial charge in [0.2, 0.25) is 5.91 Å². The van der Waals surface area contributed by atoms with Gasteiger partial charge >= 0.3 is 5.97 Å². The first-order valence-electron chi connectivity index (χ1n) is 5.77. The zero-order valence-corrected chi connectivity index (χ0v) is 10.3. The molecule has 1 saturated heterocycles. The number of carboxylic acid groups (broad SMARTS) is 1. The second-order valence-corrected chi connectivity index (χ2v) is 5.10. The Morgan fingerprint density at radius 3 is 2.31 bits per heavy atom. The summed E-state index contributed by atoms with van der Waals surface area (Å²) in [5.41, 5.74) is 0. The van der Waals surface area contributed by atoms with Gasteiger partial charge in [-0.05, 0) is 12.8 Å². The minimum Gasteiger partial charge on any atom is -0.481 e. The normalized spacial score (nSPS) is 16.9. The van der Waals surface area contributed by atoms with E-state index in [1.54, 1.807) is 0 Å². The molecule has 0 aromatic rings. The van der Waals surface area contributed by atoms with E-state index in [2.05, 4.69) is 0 Å². The molecule has 0 aliphatic carbocycles. The molecule has 0 radical (unpaired) electrons. The molecule has 1 rings (SSSR count). The van der Waals surface area contributed by atoms with E-state index in [0.29, 0.717) is 11.5 Å². The Morgan fingerprint density at radius 1 is 1.12 bits per heavy atom. The molecular formula is C11H19NO3S. The third-order valence-electron chi connectivity index (χ3n) is 2.64. The van der Waals surface area contributed by atoms with Gasteiger partial charge in [-0.2, -0.15) is 11.8 Å². The number of carbonyl (C=O) groups is 2. The van der Waals surface area contributed by atoms with Gasteiger partial charge in [0.05, 0.1) is 12.2 Å². The molecule has 0 unspecified atom stereocenters. The second kappa shape index (κ2) is 7.54. The molecule has 0 saturated carbocycles. The van der Waals surface area contributed by atoms with E-state index in [0.717, 1.165) is 25.9 Å². The number of rotatable bonds is 5. The molecule has 0 atom stereocenters. The maximum Gasteiger partial charge on any atom is 0.304 e. The van der Waals surface area contributed by atoms with Crippen LogP contribution in [0.25, 0.3) is 0 Å². The molecule has 5 heteroatoms. The Balaban J connectivity index is 2.15. The third-order valence-corrected chi connectivity index (χ3v) is 3.59. The van der Waals surface area contributed by atoms with Gasteiger partial charge in [-0.25, -0.2) is 0 Å². The summed E-state index contributed by atoms with van der Waals surface area (Å²) in [5.74, 6) is 0.314. The number of amides is 1. The summed E-state index contributed by atoms with van der Waals surface area (Å²) in [4.78, 5) is 24.0. The van der Waals surface area contributed by atoms with Crippen LogP contribution in [0.2, 0.25) is 0 Å². The maximum atomic E-state index is 11.8. The topological polar surface area (TPSA) is 57.6 Å². The summed E-state index contributed by atoms with van der Waals surface area (Å²) in [6.07, 6.45) is 4.78. The lowest BCUT2D eigenvalue weighted by atomic mass is 10.2. The summed E-state index contributed by atoms with van der Waals surface area (Å²) in [6.45, 7) is 1.75. The zero-order valence-electron chi connectivity index (χ0n) is 9.48. The van der Waals surface area contributed by atoms with Gasteiger partial charge in [0.25, 0.3) is 0 Å². The molecule has 1 heterocycles. The molecule has 1 amide bonds. The molecule has 92 valence electrons. The van der Waals surface area contributed by atoms with Crippen molar-refractivity contribution in [1.82, 2.24) is 4.90 Å². The van der Waals surface area contributed by atoms with Crippen LogP contribution in [0.1, 0.15) is 32.1 Å². The highest BCUT2D eigenvalue weighted by molar-refractivity contribution is 7.99. The van der Waals surface area contributed by atoms with Crippen molar-refractivity contribution in [3.05, 3.63) is 0 Å². The standard InChI is InChI=1S/C11H19NO3S/c13-10(9-16-8-5-11(14)15)12-6-3-1-2-4-7-12/h1-9H2,(H,14,15). The lowest BCUT2D eigenvalue weighted by molar-refractivity contribution is -0.136. The van der Waals surface area contributed by atoms with E-state index in [-0.39, 0.29) is 12.3 Å². The van der Waals surface area contributed by atoms with Crippen LogP contribution in [0.5, 0.6) is 0 Å². The van der Waals surface area contributed by atoms with Crippen LogP contribution >= 0.6 is 11.8 Å². The fourth-order valence-corrected chi connectivity index (χ4v) is 2.55. The van der Waals surface area contributed by atoms with Crippen LogP contribution in [-0.2, 0) is 9.59 Å². The van der Waals surface area contributed by atoms with Gasteiger partial charge in [0.1, 0.15) is 0 Å². The monoisotopic (exact) mass is 245 g/mol. The molecular weight excluding hydrogens is 226 g/mol. The highest BCUT2D eigenvalue weighted by Gasteiger charge is 2.14. The van der Waals surface area contributed by atoms with Crippen molar-refractivity contribution in [1.29, 1.82) is 0 Å². The summed E-state index contributed by atoms with van der Waals surface area (Å²) < 4.78 is 0.